The predicted molar refractivity (Wildman–Crippen MR) is 70.2 cm³/mol. The molecule has 0 radical (unpaired) electrons. The van der Waals surface area contributed by atoms with Gasteiger partial charge in [0, 0.05) is 22.7 Å². The Kier molecular flexibility index (Phi) is 4.69. The van der Waals surface area contributed by atoms with Gasteiger partial charge in [-0.05, 0) is 39.8 Å². The third kappa shape index (κ3) is 4.90. The van der Waals surface area contributed by atoms with Gasteiger partial charge in [-0.1, -0.05) is 17.7 Å². The van der Waals surface area contributed by atoms with Gasteiger partial charge in [0.1, 0.15) is 0 Å². The number of nitrogens with one attached hydrogen (secondary N) is 1. The molecule has 0 bridgehead atoms. The first-order valence-electron chi connectivity index (χ1n) is 5.58. The van der Waals surface area contributed by atoms with Crippen molar-refractivity contribution in [2.45, 2.75) is 38.1 Å². The summed E-state index contributed by atoms with van der Waals surface area (Å²) in [5, 5.41) is 3.34. The molecule has 0 heterocycles. The lowest BCUT2D eigenvalue weighted by molar-refractivity contribution is 0.440. The van der Waals surface area contributed by atoms with Crippen LogP contribution in [0, 0.1) is 6.92 Å². The van der Waals surface area contributed by atoms with Crippen LogP contribution in [0.4, 0.5) is 0 Å². The zero-order chi connectivity index (χ0) is 12.2. The maximum atomic E-state index is 11.9. The minimum atomic E-state index is -0.889. The molecule has 1 aromatic rings. The Labute approximate surface area is 101 Å². The summed E-state index contributed by atoms with van der Waals surface area (Å²) in [7, 11) is -0.889. The molecule has 1 rings (SSSR count). The van der Waals surface area contributed by atoms with E-state index >= 15 is 0 Å². The van der Waals surface area contributed by atoms with Gasteiger partial charge in [0.2, 0.25) is 0 Å². The van der Waals surface area contributed by atoms with Crippen LogP contribution in [-0.2, 0) is 10.8 Å². The SMILES string of the molecule is Cc1ccc(S(=O)CCNC(C)(C)C)cc1. The molecule has 0 aliphatic rings. The third-order valence-corrected chi connectivity index (χ3v) is 3.60. The molecule has 1 atom stereocenters. The van der Waals surface area contributed by atoms with Crippen molar-refractivity contribution in [1.29, 1.82) is 0 Å². The zero-order valence-corrected chi connectivity index (χ0v) is 11.4. The number of hydrogen-bond donors (Lipinski definition) is 1. The third-order valence-electron chi connectivity index (χ3n) is 2.23. The lowest BCUT2D eigenvalue weighted by Gasteiger charge is -2.20. The number of hydrogen-bond acceptors (Lipinski definition) is 2. The topological polar surface area (TPSA) is 29.1 Å². The highest BCUT2D eigenvalue weighted by Gasteiger charge is 2.09. The minimum absolute atomic E-state index is 0.0947. The van der Waals surface area contributed by atoms with Crippen molar-refractivity contribution in [3.8, 4) is 0 Å². The maximum absolute atomic E-state index is 11.9. The van der Waals surface area contributed by atoms with Crippen LogP contribution in [0.3, 0.4) is 0 Å². The van der Waals surface area contributed by atoms with E-state index in [1.54, 1.807) is 0 Å². The molecule has 0 spiro atoms. The smallest absolute Gasteiger partial charge is 0.0542 e. The standard InChI is InChI=1S/C13H21NOS/c1-11-5-7-12(8-6-11)16(15)10-9-14-13(2,3)4/h5-8,14H,9-10H2,1-4H3. The van der Waals surface area contributed by atoms with Crippen LogP contribution in [0.5, 0.6) is 0 Å². The van der Waals surface area contributed by atoms with E-state index in [-0.39, 0.29) is 5.54 Å². The Balaban J connectivity index is 2.44. The van der Waals surface area contributed by atoms with Crippen molar-refractivity contribution in [2.75, 3.05) is 12.3 Å². The molecule has 1 N–H and O–H groups in total. The van der Waals surface area contributed by atoms with Crippen LogP contribution < -0.4 is 5.32 Å². The summed E-state index contributed by atoms with van der Waals surface area (Å²) in [6.45, 7) is 9.16. The first kappa shape index (κ1) is 13.4. The Morgan fingerprint density at radius 3 is 2.25 bits per heavy atom. The van der Waals surface area contributed by atoms with Crippen LogP contribution in [0.25, 0.3) is 0 Å². The Hall–Kier alpha value is -0.670. The van der Waals surface area contributed by atoms with E-state index in [2.05, 4.69) is 26.1 Å². The van der Waals surface area contributed by atoms with Gasteiger partial charge >= 0.3 is 0 Å². The summed E-state index contributed by atoms with van der Waals surface area (Å²) in [5.41, 5.74) is 1.30. The van der Waals surface area contributed by atoms with Gasteiger partial charge in [-0.15, -0.1) is 0 Å². The molecular formula is C13H21NOS. The summed E-state index contributed by atoms with van der Waals surface area (Å²) < 4.78 is 11.9. The number of rotatable bonds is 4. The van der Waals surface area contributed by atoms with Crippen LogP contribution in [0.15, 0.2) is 29.2 Å². The highest BCUT2D eigenvalue weighted by atomic mass is 32.2. The summed E-state index contributed by atoms with van der Waals surface area (Å²) in [5.74, 6) is 0.667. The lowest BCUT2D eigenvalue weighted by Crippen LogP contribution is -2.38. The average Bonchev–Trinajstić information content (AvgIpc) is 2.16. The summed E-state index contributed by atoms with van der Waals surface area (Å²) in [6.07, 6.45) is 0. The highest BCUT2D eigenvalue weighted by Crippen LogP contribution is 2.08. The van der Waals surface area contributed by atoms with Crippen molar-refractivity contribution in [3.05, 3.63) is 29.8 Å². The van der Waals surface area contributed by atoms with Crippen molar-refractivity contribution in [2.24, 2.45) is 0 Å². The van der Waals surface area contributed by atoms with E-state index in [1.807, 2.05) is 31.2 Å². The van der Waals surface area contributed by atoms with Crippen LogP contribution in [0.2, 0.25) is 0 Å². The van der Waals surface area contributed by atoms with E-state index in [1.165, 1.54) is 5.56 Å². The maximum Gasteiger partial charge on any atom is 0.0542 e. The molecule has 16 heavy (non-hydrogen) atoms. The predicted octanol–water partition coefficient (Wildman–Crippen LogP) is 2.49. The quantitative estimate of drug-likeness (QED) is 0.874. The van der Waals surface area contributed by atoms with Crippen molar-refractivity contribution < 1.29 is 4.21 Å². The molecule has 0 aliphatic heterocycles. The fourth-order valence-corrected chi connectivity index (χ4v) is 2.29. The summed E-state index contributed by atoms with van der Waals surface area (Å²) in [6, 6.07) is 7.90. The molecule has 2 nitrogen and oxygen atoms in total. The normalized spacial score (nSPS) is 13.8. The molecule has 0 aliphatic carbocycles. The van der Waals surface area contributed by atoms with Gasteiger partial charge < -0.3 is 5.32 Å². The van der Waals surface area contributed by atoms with Gasteiger partial charge in [-0.25, -0.2) is 0 Å². The van der Waals surface area contributed by atoms with Crippen LogP contribution in [0.1, 0.15) is 26.3 Å². The first-order chi connectivity index (χ1) is 7.38. The van der Waals surface area contributed by atoms with Crippen molar-refractivity contribution in [3.63, 3.8) is 0 Å². The van der Waals surface area contributed by atoms with E-state index in [4.69, 9.17) is 0 Å². The van der Waals surface area contributed by atoms with Crippen molar-refractivity contribution in [1.82, 2.24) is 5.32 Å². The second kappa shape index (κ2) is 5.60. The molecule has 0 saturated heterocycles. The number of aryl methyl sites for hydroxylation is 1. The second-order valence-corrected chi connectivity index (χ2v) is 6.61. The molecule has 90 valence electrons. The Bertz CT molecular complexity index is 351. The molecule has 3 heteroatoms. The lowest BCUT2D eigenvalue weighted by atomic mass is 10.1. The van der Waals surface area contributed by atoms with Gasteiger partial charge in [-0.2, -0.15) is 0 Å². The molecule has 1 unspecified atom stereocenters. The fraction of sp³-hybridized carbons (Fsp3) is 0.538. The average molecular weight is 239 g/mol. The minimum Gasteiger partial charge on any atom is -0.311 e. The first-order valence-corrected chi connectivity index (χ1v) is 6.90. The fourth-order valence-electron chi connectivity index (χ4n) is 1.33. The molecule has 0 fully saturated rings. The Morgan fingerprint density at radius 1 is 1.19 bits per heavy atom. The summed E-state index contributed by atoms with van der Waals surface area (Å²) in [4.78, 5) is 0.918. The van der Waals surface area contributed by atoms with E-state index < -0.39 is 10.8 Å². The highest BCUT2D eigenvalue weighted by molar-refractivity contribution is 7.85. The van der Waals surface area contributed by atoms with E-state index in [9.17, 15) is 4.21 Å². The zero-order valence-electron chi connectivity index (χ0n) is 10.5. The molecule has 0 amide bonds. The van der Waals surface area contributed by atoms with Gasteiger partial charge in [0.05, 0.1) is 10.8 Å². The summed E-state index contributed by atoms with van der Waals surface area (Å²) >= 11 is 0. The van der Waals surface area contributed by atoms with Gasteiger partial charge in [-0.3, -0.25) is 4.21 Å². The molecule has 0 saturated carbocycles. The van der Waals surface area contributed by atoms with E-state index in [0.717, 1.165) is 11.4 Å². The van der Waals surface area contributed by atoms with Crippen LogP contribution in [-0.4, -0.2) is 22.0 Å². The molecule has 0 aromatic heterocycles. The van der Waals surface area contributed by atoms with Gasteiger partial charge in [0.25, 0.3) is 0 Å². The van der Waals surface area contributed by atoms with Crippen molar-refractivity contribution >= 4 is 10.8 Å². The van der Waals surface area contributed by atoms with E-state index in [0.29, 0.717) is 5.75 Å². The Morgan fingerprint density at radius 2 is 1.75 bits per heavy atom. The largest absolute Gasteiger partial charge is 0.311 e. The molecular weight excluding hydrogens is 218 g/mol. The van der Waals surface area contributed by atoms with Gasteiger partial charge in [0.15, 0.2) is 0 Å². The second-order valence-electron chi connectivity index (χ2n) is 5.04. The molecule has 1 aromatic carbocycles. The monoisotopic (exact) mass is 239 g/mol. The number of benzene rings is 1. The van der Waals surface area contributed by atoms with Crippen LogP contribution >= 0.6 is 0 Å².